The fourth-order valence-electron chi connectivity index (χ4n) is 2.32. The van der Waals surface area contributed by atoms with Gasteiger partial charge < -0.3 is 15.0 Å². The summed E-state index contributed by atoms with van der Waals surface area (Å²) in [4.78, 5) is 30.9. The van der Waals surface area contributed by atoms with Crippen LogP contribution in [0.1, 0.15) is 11.3 Å². The summed E-state index contributed by atoms with van der Waals surface area (Å²) in [5.41, 5.74) is 1.04. The van der Waals surface area contributed by atoms with E-state index in [-0.39, 0.29) is 23.8 Å². The van der Waals surface area contributed by atoms with Crippen LogP contribution in [0.5, 0.6) is 5.75 Å². The van der Waals surface area contributed by atoms with E-state index in [2.05, 4.69) is 15.3 Å². The number of para-hydroxylation sites is 1. The van der Waals surface area contributed by atoms with E-state index < -0.39 is 0 Å². The molecule has 0 unspecified atom stereocenters. The lowest BCUT2D eigenvalue weighted by molar-refractivity contribution is -0.118. The van der Waals surface area contributed by atoms with E-state index >= 15 is 0 Å². The smallest absolute Gasteiger partial charge is 0.251 e. The number of aromatic amines is 1. The van der Waals surface area contributed by atoms with Crippen LogP contribution in [0.3, 0.4) is 0 Å². The molecule has 0 aliphatic carbocycles. The highest BCUT2D eigenvalue weighted by atomic mass is 35.5. The van der Waals surface area contributed by atoms with Crippen molar-refractivity contribution in [1.82, 2.24) is 15.3 Å². The zero-order valence-corrected chi connectivity index (χ0v) is 16.4. The van der Waals surface area contributed by atoms with Crippen LogP contribution in [0.4, 0.5) is 0 Å². The first kappa shape index (κ1) is 20.0. The lowest BCUT2D eigenvalue weighted by Crippen LogP contribution is -2.25. The number of nitrogens with zero attached hydrogens (tertiary/aromatic N) is 1. The van der Waals surface area contributed by atoms with Crippen molar-refractivity contribution in [2.75, 3.05) is 5.75 Å². The Labute approximate surface area is 171 Å². The van der Waals surface area contributed by atoms with Crippen LogP contribution in [-0.2, 0) is 17.9 Å². The lowest BCUT2D eigenvalue weighted by Gasteiger charge is -2.08. The van der Waals surface area contributed by atoms with Gasteiger partial charge in [-0.1, -0.05) is 59.8 Å². The molecule has 3 aromatic rings. The second-order valence-electron chi connectivity index (χ2n) is 5.80. The Kier molecular flexibility index (Phi) is 7.11. The van der Waals surface area contributed by atoms with E-state index in [1.165, 1.54) is 6.07 Å². The van der Waals surface area contributed by atoms with Crippen molar-refractivity contribution in [3.05, 3.63) is 87.3 Å². The maximum Gasteiger partial charge on any atom is 0.251 e. The monoisotopic (exact) mass is 415 g/mol. The van der Waals surface area contributed by atoms with Crippen LogP contribution in [0.25, 0.3) is 0 Å². The Morgan fingerprint density at radius 3 is 2.68 bits per heavy atom. The van der Waals surface area contributed by atoms with Gasteiger partial charge in [-0.15, -0.1) is 0 Å². The number of carbonyl (C=O) groups excluding carboxylic acids is 1. The number of hydrogen-bond acceptors (Lipinski definition) is 5. The van der Waals surface area contributed by atoms with Crippen LogP contribution in [0, 0.1) is 0 Å². The van der Waals surface area contributed by atoms with Crippen molar-refractivity contribution in [1.29, 1.82) is 0 Å². The number of carbonyl (C=O) groups is 1. The normalized spacial score (nSPS) is 10.5. The number of amides is 1. The number of H-pyrrole nitrogens is 1. The standard InChI is InChI=1S/C20H18ClN3O3S/c21-17-9-5-4-6-14(17)11-22-19(26)13-28-20-23-15(10-18(25)24-20)12-27-16-7-2-1-3-8-16/h1-10H,11-13H2,(H,22,26)(H,23,24,25). The molecular formula is C20H18ClN3O3S. The summed E-state index contributed by atoms with van der Waals surface area (Å²) >= 11 is 7.22. The molecule has 0 saturated heterocycles. The molecule has 1 heterocycles. The summed E-state index contributed by atoms with van der Waals surface area (Å²) in [5, 5.41) is 3.77. The average molecular weight is 416 g/mol. The first-order valence-corrected chi connectivity index (χ1v) is 9.87. The highest BCUT2D eigenvalue weighted by molar-refractivity contribution is 7.99. The number of halogens is 1. The minimum Gasteiger partial charge on any atom is -0.487 e. The molecule has 1 amide bonds. The number of ether oxygens (including phenoxy) is 1. The van der Waals surface area contributed by atoms with Crippen molar-refractivity contribution in [2.45, 2.75) is 18.3 Å². The van der Waals surface area contributed by atoms with Crippen molar-refractivity contribution in [3.63, 3.8) is 0 Å². The van der Waals surface area contributed by atoms with Gasteiger partial charge in [0.25, 0.3) is 5.56 Å². The summed E-state index contributed by atoms with van der Waals surface area (Å²) in [6.07, 6.45) is 0. The molecule has 28 heavy (non-hydrogen) atoms. The maximum atomic E-state index is 12.1. The van der Waals surface area contributed by atoms with Gasteiger partial charge in [0.15, 0.2) is 5.16 Å². The molecule has 6 nitrogen and oxygen atoms in total. The molecule has 2 N–H and O–H groups in total. The second-order valence-corrected chi connectivity index (χ2v) is 7.17. The first-order chi connectivity index (χ1) is 13.6. The van der Waals surface area contributed by atoms with Gasteiger partial charge in [-0.2, -0.15) is 0 Å². The van der Waals surface area contributed by atoms with Crippen LogP contribution >= 0.6 is 23.4 Å². The predicted octanol–water partition coefficient (Wildman–Crippen LogP) is 3.41. The van der Waals surface area contributed by atoms with Crippen LogP contribution in [0.2, 0.25) is 5.02 Å². The van der Waals surface area contributed by atoms with E-state index in [1.54, 1.807) is 6.07 Å². The van der Waals surface area contributed by atoms with Gasteiger partial charge in [0.05, 0.1) is 11.4 Å². The molecule has 1 aromatic heterocycles. The van der Waals surface area contributed by atoms with Crippen molar-refractivity contribution in [2.24, 2.45) is 0 Å². The third kappa shape index (κ3) is 6.14. The minimum absolute atomic E-state index is 0.121. The fraction of sp³-hybridized carbons (Fsp3) is 0.150. The zero-order valence-electron chi connectivity index (χ0n) is 14.9. The molecule has 0 fully saturated rings. The van der Waals surface area contributed by atoms with E-state index in [4.69, 9.17) is 16.3 Å². The van der Waals surface area contributed by atoms with E-state index in [0.717, 1.165) is 17.3 Å². The van der Waals surface area contributed by atoms with Crippen LogP contribution < -0.4 is 15.6 Å². The molecule has 0 saturated carbocycles. The summed E-state index contributed by atoms with van der Waals surface area (Å²) in [7, 11) is 0. The molecule has 3 rings (SSSR count). The highest BCUT2D eigenvalue weighted by Gasteiger charge is 2.08. The number of benzene rings is 2. The van der Waals surface area contributed by atoms with E-state index in [0.29, 0.717) is 28.2 Å². The molecular weight excluding hydrogens is 398 g/mol. The van der Waals surface area contributed by atoms with Gasteiger partial charge >= 0.3 is 0 Å². The third-order valence-corrected chi connectivity index (χ3v) is 4.92. The van der Waals surface area contributed by atoms with Gasteiger partial charge in [0.1, 0.15) is 12.4 Å². The molecule has 144 valence electrons. The lowest BCUT2D eigenvalue weighted by atomic mass is 10.2. The molecule has 0 atom stereocenters. The molecule has 0 aliphatic heterocycles. The molecule has 8 heteroatoms. The topological polar surface area (TPSA) is 84.1 Å². The molecule has 0 aliphatic rings. The number of nitrogens with one attached hydrogen (secondary N) is 2. The van der Waals surface area contributed by atoms with Gasteiger partial charge in [0.2, 0.25) is 5.91 Å². The average Bonchev–Trinajstić information content (AvgIpc) is 2.70. The number of rotatable bonds is 8. The predicted molar refractivity (Wildman–Crippen MR) is 110 cm³/mol. The molecule has 0 spiro atoms. The number of hydrogen-bond donors (Lipinski definition) is 2. The second kappa shape index (κ2) is 9.96. The largest absolute Gasteiger partial charge is 0.487 e. The van der Waals surface area contributed by atoms with E-state index in [1.807, 2.05) is 48.5 Å². The number of aromatic nitrogens is 2. The molecule has 0 bridgehead atoms. The summed E-state index contributed by atoms with van der Waals surface area (Å²) < 4.78 is 5.61. The Bertz CT molecular complexity index is 995. The fourth-order valence-corrected chi connectivity index (χ4v) is 3.25. The van der Waals surface area contributed by atoms with Crippen molar-refractivity contribution >= 4 is 29.3 Å². The van der Waals surface area contributed by atoms with Crippen LogP contribution in [-0.4, -0.2) is 21.6 Å². The zero-order chi connectivity index (χ0) is 19.8. The Hall–Kier alpha value is -2.77. The minimum atomic E-state index is -0.291. The molecule has 2 aromatic carbocycles. The summed E-state index contributed by atoms with van der Waals surface area (Å²) in [6.45, 7) is 0.508. The van der Waals surface area contributed by atoms with Crippen molar-refractivity contribution < 1.29 is 9.53 Å². The highest BCUT2D eigenvalue weighted by Crippen LogP contribution is 2.15. The third-order valence-electron chi connectivity index (χ3n) is 3.68. The Morgan fingerprint density at radius 1 is 1.14 bits per heavy atom. The summed E-state index contributed by atoms with van der Waals surface area (Å²) in [6, 6.07) is 18.0. The Morgan fingerprint density at radius 2 is 1.89 bits per heavy atom. The van der Waals surface area contributed by atoms with E-state index in [9.17, 15) is 9.59 Å². The quantitative estimate of drug-likeness (QED) is 0.435. The SMILES string of the molecule is O=C(CSc1nc(COc2ccccc2)cc(=O)[nH]1)NCc1ccccc1Cl. The van der Waals surface area contributed by atoms with Crippen LogP contribution in [0.15, 0.2) is 70.6 Å². The Balaban J connectivity index is 1.52. The van der Waals surface area contributed by atoms with Gasteiger partial charge in [0, 0.05) is 17.6 Å². The summed E-state index contributed by atoms with van der Waals surface area (Å²) in [5.74, 6) is 0.632. The van der Waals surface area contributed by atoms with Gasteiger partial charge in [-0.3, -0.25) is 9.59 Å². The van der Waals surface area contributed by atoms with Crippen molar-refractivity contribution in [3.8, 4) is 5.75 Å². The van der Waals surface area contributed by atoms with Gasteiger partial charge in [-0.25, -0.2) is 4.98 Å². The number of thioether (sulfide) groups is 1. The van der Waals surface area contributed by atoms with Gasteiger partial charge in [-0.05, 0) is 23.8 Å². The first-order valence-electron chi connectivity index (χ1n) is 8.51. The molecule has 0 radical (unpaired) electrons. The maximum absolute atomic E-state index is 12.1.